The Kier molecular flexibility index (Phi) is 1.94. The summed E-state index contributed by atoms with van der Waals surface area (Å²) in [5.74, 6) is -0.806. The number of ether oxygens (including phenoxy) is 1. The molecule has 4 heteroatoms. The number of carbonyl (C=O) groups excluding carboxylic acids is 2. The van der Waals surface area contributed by atoms with Gasteiger partial charge >= 0.3 is 5.97 Å². The molecule has 0 aromatic carbocycles. The van der Waals surface area contributed by atoms with E-state index in [2.05, 4.69) is 4.74 Å². The van der Waals surface area contributed by atoms with Crippen molar-refractivity contribution in [1.82, 2.24) is 4.90 Å². The highest BCUT2D eigenvalue weighted by Gasteiger charge is 2.30. The van der Waals surface area contributed by atoms with Gasteiger partial charge in [0.2, 0.25) is 0 Å². The second kappa shape index (κ2) is 2.74. The summed E-state index contributed by atoms with van der Waals surface area (Å²) >= 11 is 0. The van der Waals surface area contributed by atoms with Crippen molar-refractivity contribution in [2.24, 2.45) is 0 Å². The Balaban J connectivity index is 2.58. The van der Waals surface area contributed by atoms with Gasteiger partial charge in [0.1, 0.15) is 5.57 Å². The van der Waals surface area contributed by atoms with Gasteiger partial charge in [-0.1, -0.05) is 0 Å². The van der Waals surface area contributed by atoms with Crippen LogP contribution in [-0.4, -0.2) is 30.4 Å². The van der Waals surface area contributed by atoms with E-state index < -0.39 is 5.97 Å². The number of amides is 1. The predicted molar refractivity (Wildman–Crippen MR) is 37.5 cm³/mol. The third-order valence-electron chi connectivity index (χ3n) is 1.37. The zero-order chi connectivity index (χ0) is 8.43. The van der Waals surface area contributed by atoms with Crippen molar-refractivity contribution in [1.29, 1.82) is 0 Å². The van der Waals surface area contributed by atoms with Crippen LogP contribution in [-0.2, 0) is 14.3 Å². The zero-order valence-electron chi connectivity index (χ0n) is 6.46. The van der Waals surface area contributed by atoms with Crippen molar-refractivity contribution < 1.29 is 14.3 Å². The number of rotatable bonds is 2. The lowest BCUT2D eigenvalue weighted by atomic mass is 10.1. The lowest BCUT2D eigenvalue weighted by molar-refractivity contribution is -0.143. The molecule has 60 valence electrons. The molecule has 0 radical (unpaired) electrons. The first-order chi connectivity index (χ1) is 5.16. The quantitative estimate of drug-likeness (QED) is 0.413. The molecule has 1 aliphatic rings. The van der Waals surface area contributed by atoms with Crippen molar-refractivity contribution in [3.63, 3.8) is 0 Å². The molecule has 0 N–H and O–H groups in total. The van der Waals surface area contributed by atoms with Crippen LogP contribution in [0.2, 0.25) is 0 Å². The van der Waals surface area contributed by atoms with E-state index in [1.165, 1.54) is 11.1 Å². The first kappa shape index (κ1) is 7.78. The van der Waals surface area contributed by atoms with E-state index in [0.717, 1.165) is 0 Å². The molecule has 1 rings (SSSR count). The lowest BCUT2D eigenvalue weighted by Gasteiger charge is -2.22. The molecule has 0 aromatic rings. The normalized spacial score (nSPS) is 15.6. The molecule has 1 heterocycles. The SMILES string of the molecule is CCOC(=O)C1=CN(C)C1=O. The van der Waals surface area contributed by atoms with Crippen molar-refractivity contribution in [2.45, 2.75) is 6.92 Å². The molecule has 1 amide bonds. The first-order valence-corrected chi connectivity index (χ1v) is 3.33. The van der Waals surface area contributed by atoms with Crippen LogP contribution in [0, 0.1) is 0 Å². The van der Waals surface area contributed by atoms with Crippen molar-refractivity contribution in [3.8, 4) is 0 Å². The van der Waals surface area contributed by atoms with Gasteiger partial charge in [-0.25, -0.2) is 4.79 Å². The fourth-order valence-corrected chi connectivity index (χ4v) is 0.780. The van der Waals surface area contributed by atoms with Crippen molar-refractivity contribution in [2.75, 3.05) is 13.7 Å². The van der Waals surface area contributed by atoms with Crippen LogP contribution in [0.3, 0.4) is 0 Å². The van der Waals surface area contributed by atoms with E-state index in [1.807, 2.05) is 0 Å². The molecule has 11 heavy (non-hydrogen) atoms. The second-order valence-electron chi connectivity index (χ2n) is 2.18. The van der Waals surface area contributed by atoms with Crippen LogP contribution >= 0.6 is 0 Å². The molecule has 0 aliphatic carbocycles. The molecule has 0 saturated carbocycles. The number of nitrogens with zero attached hydrogens (tertiary/aromatic N) is 1. The van der Waals surface area contributed by atoms with Crippen molar-refractivity contribution in [3.05, 3.63) is 11.8 Å². The third kappa shape index (κ3) is 1.24. The van der Waals surface area contributed by atoms with Crippen LogP contribution in [0.25, 0.3) is 0 Å². The summed E-state index contributed by atoms with van der Waals surface area (Å²) < 4.78 is 4.61. The number of carbonyl (C=O) groups is 2. The van der Waals surface area contributed by atoms with E-state index in [1.54, 1.807) is 14.0 Å². The average molecular weight is 155 g/mol. The Bertz CT molecular complexity index is 232. The van der Waals surface area contributed by atoms with E-state index in [0.29, 0.717) is 6.61 Å². The first-order valence-electron chi connectivity index (χ1n) is 3.33. The topological polar surface area (TPSA) is 46.6 Å². The van der Waals surface area contributed by atoms with Gasteiger partial charge < -0.3 is 9.64 Å². The average Bonchev–Trinajstić information content (AvgIpc) is 1.99. The summed E-state index contributed by atoms with van der Waals surface area (Å²) in [5, 5.41) is 0. The van der Waals surface area contributed by atoms with Gasteiger partial charge in [0.25, 0.3) is 5.91 Å². The Labute approximate surface area is 64.4 Å². The lowest BCUT2D eigenvalue weighted by Crippen LogP contribution is -2.37. The van der Waals surface area contributed by atoms with Gasteiger partial charge in [-0.2, -0.15) is 0 Å². The minimum Gasteiger partial charge on any atom is -0.462 e. The summed E-state index contributed by atoms with van der Waals surface area (Å²) in [4.78, 5) is 23.0. The molecule has 0 aromatic heterocycles. The van der Waals surface area contributed by atoms with Gasteiger partial charge in [-0.15, -0.1) is 0 Å². The van der Waals surface area contributed by atoms with E-state index in [9.17, 15) is 9.59 Å². The molecular formula is C7H9NO3. The Hall–Kier alpha value is -1.32. The monoisotopic (exact) mass is 155 g/mol. The number of likely N-dealkylation sites (N-methyl/N-ethyl adjacent to an activating group) is 1. The minimum absolute atomic E-state index is 0.134. The van der Waals surface area contributed by atoms with Gasteiger partial charge in [0.05, 0.1) is 6.61 Å². The molecule has 0 saturated heterocycles. The fourth-order valence-electron chi connectivity index (χ4n) is 0.780. The third-order valence-corrected chi connectivity index (χ3v) is 1.37. The van der Waals surface area contributed by atoms with Crippen LogP contribution in [0.1, 0.15) is 6.92 Å². The van der Waals surface area contributed by atoms with Gasteiger partial charge in [0.15, 0.2) is 0 Å². The summed E-state index contributed by atoms with van der Waals surface area (Å²) in [6.45, 7) is 2.00. The number of hydrogen-bond donors (Lipinski definition) is 0. The van der Waals surface area contributed by atoms with E-state index in [-0.39, 0.29) is 11.5 Å². The Morgan fingerprint density at radius 3 is 2.73 bits per heavy atom. The molecule has 0 atom stereocenters. The number of esters is 1. The second-order valence-corrected chi connectivity index (χ2v) is 2.18. The Morgan fingerprint density at radius 2 is 2.36 bits per heavy atom. The molecule has 1 aliphatic heterocycles. The maximum absolute atomic E-state index is 10.8. The van der Waals surface area contributed by atoms with Crippen LogP contribution in [0.15, 0.2) is 11.8 Å². The van der Waals surface area contributed by atoms with Crippen LogP contribution in [0.5, 0.6) is 0 Å². The fraction of sp³-hybridized carbons (Fsp3) is 0.429. The molecule has 0 unspecified atom stereocenters. The minimum atomic E-state index is -0.532. The zero-order valence-corrected chi connectivity index (χ0v) is 6.46. The highest BCUT2D eigenvalue weighted by Crippen LogP contribution is 2.13. The summed E-state index contributed by atoms with van der Waals surface area (Å²) in [5.41, 5.74) is 0.134. The van der Waals surface area contributed by atoms with Gasteiger partial charge in [0, 0.05) is 13.2 Å². The summed E-state index contributed by atoms with van der Waals surface area (Å²) in [6.07, 6.45) is 1.46. The standard InChI is InChI=1S/C7H9NO3/c1-3-11-7(10)5-4-8(2)6(5)9/h4H,3H2,1-2H3. The molecule has 4 nitrogen and oxygen atoms in total. The highest BCUT2D eigenvalue weighted by atomic mass is 16.5. The summed E-state index contributed by atoms with van der Waals surface area (Å²) in [6, 6.07) is 0. The maximum Gasteiger partial charge on any atom is 0.345 e. The molecule has 0 bridgehead atoms. The Morgan fingerprint density at radius 1 is 1.73 bits per heavy atom. The number of hydrogen-bond acceptors (Lipinski definition) is 3. The van der Waals surface area contributed by atoms with Gasteiger partial charge in [-0.3, -0.25) is 4.79 Å². The molecule has 0 spiro atoms. The molecular weight excluding hydrogens is 146 g/mol. The van der Waals surface area contributed by atoms with E-state index >= 15 is 0 Å². The predicted octanol–water partition coefficient (Wildman–Crippen LogP) is -0.0946. The smallest absolute Gasteiger partial charge is 0.345 e. The van der Waals surface area contributed by atoms with Crippen molar-refractivity contribution >= 4 is 11.9 Å². The summed E-state index contributed by atoms with van der Waals surface area (Å²) in [7, 11) is 1.59. The largest absolute Gasteiger partial charge is 0.462 e. The highest BCUT2D eigenvalue weighted by molar-refractivity contribution is 6.20. The van der Waals surface area contributed by atoms with Crippen LogP contribution in [0.4, 0.5) is 0 Å². The van der Waals surface area contributed by atoms with Crippen LogP contribution < -0.4 is 0 Å². The van der Waals surface area contributed by atoms with E-state index in [4.69, 9.17) is 0 Å². The maximum atomic E-state index is 10.8. The van der Waals surface area contributed by atoms with Gasteiger partial charge in [-0.05, 0) is 6.92 Å². The molecule has 0 fully saturated rings.